The first-order valence-corrected chi connectivity index (χ1v) is 8.87. The Labute approximate surface area is 143 Å². The third-order valence-corrected chi connectivity index (χ3v) is 4.84. The van der Waals surface area contributed by atoms with E-state index in [0.717, 1.165) is 31.2 Å². The minimum Gasteiger partial charge on any atom is -0.481 e. The van der Waals surface area contributed by atoms with E-state index in [1.165, 1.54) is 6.42 Å². The smallest absolute Gasteiger partial charge is 0.325 e. The summed E-state index contributed by atoms with van der Waals surface area (Å²) in [5.41, 5.74) is 0.891. The molecule has 0 amide bonds. The second kappa shape index (κ2) is 8.49. The van der Waals surface area contributed by atoms with Crippen molar-refractivity contribution < 1.29 is 24.9 Å². The number of aliphatic carboxylic acids is 1. The first-order chi connectivity index (χ1) is 11.4. The number of benzene rings is 1. The van der Waals surface area contributed by atoms with Gasteiger partial charge in [0.05, 0.1) is 5.92 Å². The topological polar surface area (TPSA) is 87.0 Å². The summed E-state index contributed by atoms with van der Waals surface area (Å²) in [6.45, 7) is 2.15. The molecule has 0 saturated heterocycles. The van der Waals surface area contributed by atoms with E-state index in [1.54, 1.807) is 12.1 Å². The highest BCUT2D eigenvalue weighted by Crippen LogP contribution is 2.40. The Morgan fingerprint density at radius 3 is 2.67 bits per heavy atom. The van der Waals surface area contributed by atoms with Crippen LogP contribution < -0.4 is 4.74 Å². The van der Waals surface area contributed by atoms with Gasteiger partial charge in [0.25, 0.3) is 0 Å². The van der Waals surface area contributed by atoms with Gasteiger partial charge >= 0.3 is 11.9 Å². The number of hydrogen-bond acceptors (Lipinski definition) is 4. The molecular weight excluding hydrogens is 308 g/mol. The zero-order valence-corrected chi connectivity index (χ0v) is 14.3. The standard InChI is InChI=1S/C19H28O5/c1-2-3-4-5-6-9-14(13-18(20)21)16-12-15-10-7-8-11-17(15)24-19(16,22)23/h7-8,10-11,14,16,22-23H,2-6,9,12-13H2,1H3,(H,20,21). The molecule has 3 N–H and O–H groups in total. The number of ether oxygens (including phenoxy) is 1. The van der Waals surface area contributed by atoms with Gasteiger partial charge in [-0.2, -0.15) is 0 Å². The lowest BCUT2D eigenvalue weighted by Gasteiger charge is -2.40. The summed E-state index contributed by atoms with van der Waals surface area (Å²) in [6, 6.07) is 7.23. The molecule has 2 unspecified atom stereocenters. The molecule has 1 aliphatic rings. The van der Waals surface area contributed by atoms with Gasteiger partial charge in [-0.3, -0.25) is 4.79 Å². The molecule has 0 bridgehead atoms. The second-order valence-corrected chi connectivity index (χ2v) is 6.74. The Bertz CT molecular complexity index is 540. The third kappa shape index (κ3) is 4.95. The van der Waals surface area contributed by atoms with Gasteiger partial charge in [-0.25, -0.2) is 0 Å². The molecule has 1 aromatic rings. The lowest BCUT2D eigenvalue weighted by molar-refractivity contribution is -0.337. The van der Waals surface area contributed by atoms with Crippen molar-refractivity contribution in [1.82, 2.24) is 0 Å². The molecule has 1 heterocycles. The summed E-state index contributed by atoms with van der Waals surface area (Å²) in [5, 5.41) is 29.9. The van der Waals surface area contributed by atoms with Crippen LogP contribution in [0.4, 0.5) is 0 Å². The average molecular weight is 336 g/mol. The summed E-state index contributed by atoms with van der Waals surface area (Å²) in [7, 11) is 0. The summed E-state index contributed by atoms with van der Waals surface area (Å²) < 4.78 is 5.36. The van der Waals surface area contributed by atoms with Gasteiger partial charge < -0.3 is 20.1 Å². The molecule has 0 fully saturated rings. The van der Waals surface area contributed by atoms with Gasteiger partial charge in [-0.1, -0.05) is 57.2 Å². The van der Waals surface area contributed by atoms with E-state index in [1.807, 2.05) is 12.1 Å². The summed E-state index contributed by atoms with van der Waals surface area (Å²) in [5.74, 6) is -3.75. The zero-order valence-electron chi connectivity index (χ0n) is 14.3. The molecule has 5 heteroatoms. The second-order valence-electron chi connectivity index (χ2n) is 6.74. The Morgan fingerprint density at radius 1 is 1.25 bits per heavy atom. The van der Waals surface area contributed by atoms with Crippen LogP contribution in [0.2, 0.25) is 0 Å². The van der Waals surface area contributed by atoms with Crippen LogP contribution in [0.15, 0.2) is 24.3 Å². The molecule has 2 rings (SSSR count). The number of fused-ring (bicyclic) bond motifs is 1. The van der Waals surface area contributed by atoms with Gasteiger partial charge in [0.1, 0.15) is 5.75 Å². The van der Waals surface area contributed by atoms with Crippen LogP contribution in [0, 0.1) is 11.8 Å². The van der Waals surface area contributed by atoms with E-state index in [2.05, 4.69) is 6.92 Å². The lowest BCUT2D eigenvalue weighted by atomic mass is 9.78. The number of unbranched alkanes of at least 4 members (excludes halogenated alkanes) is 4. The number of carboxylic acid groups (broad SMARTS) is 1. The van der Waals surface area contributed by atoms with Crippen molar-refractivity contribution in [3.63, 3.8) is 0 Å². The van der Waals surface area contributed by atoms with E-state index in [0.29, 0.717) is 18.6 Å². The van der Waals surface area contributed by atoms with Crippen LogP contribution in [0.25, 0.3) is 0 Å². The first-order valence-electron chi connectivity index (χ1n) is 8.87. The molecule has 2 atom stereocenters. The lowest BCUT2D eigenvalue weighted by Crippen LogP contribution is -2.50. The van der Waals surface area contributed by atoms with E-state index >= 15 is 0 Å². The number of aliphatic hydroxyl groups is 2. The number of hydrogen-bond donors (Lipinski definition) is 3. The monoisotopic (exact) mass is 336 g/mol. The highest BCUT2D eigenvalue weighted by Gasteiger charge is 2.46. The molecule has 0 aliphatic carbocycles. The molecule has 0 saturated carbocycles. The number of rotatable bonds is 9. The molecule has 1 aliphatic heterocycles. The maximum atomic E-state index is 11.2. The first kappa shape index (κ1) is 18.7. The normalized spacial score (nSPS) is 20.0. The highest BCUT2D eigenvalue weighted by atomic mass is 16.8. The van der Waals surface area contributed by atoms with Crippen molar-refractivity contribution in [2.24, 2.45) is 11.8 Å². The number of para-hydroxylation sites is 1. The predicted molar refractivity (Wildman–Crippen MR) is 90.6 cm³/mol. The Hall–Kier alpha value is -1.59. The predicted octanol–water partition coefficient (Wildman–Crippen LogP) is 3.33. The molecule has 24 heavy (non-hydrogen) atoms. The Morgan fingerprint density at radius 2 is 1.96 bits per heavy atom. The van der Waals surface area contributed by atoms with Crippen LogP contribution >= 0.6 is 0 Å². The summed E-state index contributed by atoms with van der Waals surface area (Å²) in [6.07, 6.45) is 6.39. The van der Waals surface area contributed by atoms with Crippen molar-refractivity contribution in [3.8, 4) is 5.75 Å². The molecule has 134 valence electrons. The largest absolute Gasteiger partial charge is 0.481 e. The molecule has 0 aromatic heterocycles. The van der Waals surface area contributed by atoms with Crippen molar-refractivity contribution in [1.29, 1.82) is 0 Å². The van der Waals surface area contributed by atoms with E-state index in [-0.39, 0.29) is 12.3 Å². The van der Waals surface area contributed by atoms with E-state index < -0.39 is 17.9 Å². The Kier molecular flexibility index (Phi) is 6.63. The van der Waals surface area contributed by atoms with Crippen LogP contribution in [0.3, 0.4) is 0 Å². The average Bonchev–Trinajstić information content (AvgIpc) is 2.52. The van der Waals surface area contributed by atoms with Crippen molar-refractivity contribution >= 4 is 5.97 Å². The third-order valence-electron chi connectivity index (χ3n) is 4.84. The fraction of sp³-hybridized carbons (Fsp3) is 0.632. The number of carboxylic acids is 1. The van der Waals surface area contributed by atoms with Crippen LogP contribution in [-0.2, 0) is 11.2 Å². The van der Waals surface area contributed by atoms with Crippen molar-refractivity contribution in [2.45, 2.75) is 64.3 Å². The van der Waals surface area contributed by atoms with Gasteiger partial charge in [-0.15, -0.1) is 0 Å². The van der Waals surface area contributed by atoms with E-state index in [4.69, 9.17) is 4.74 Å². The molecular formula is C19H28O5. The SMILES string of the molecule is CCCCCCCC(CC(=O)O)C1Cc2ccccc2OC1(O)O. The maximum absolute atomic E-state index is 11.2. The summed E-state index contributed by atoms with van der Waals surface area (Å²) in [4.78, 5) is 11.2. The molecule has 5 nitrogen and oxygen atoms in total. The minimum absolute atomic E-state index is 0.0765. The quantitative estimate of drug-likeness (QED) is 0.476. The summed E-state index contributed by atoms with van der Waals surface area (Å²) >= 11 is 0. The fourth-order valence-electron chi connectivity index (χ4n) is 3.53. The Balaban J connectivity index is 2.08. The molecule has 1 aromatic carbocycles. The van der Waals surface area contributed by atoms with Gasteiger partial charge in [0.2, 0.25) is 0 Å². The van der Waals surface area contributed by atoms with Gasteiger partial charge in [0.15, 0.2) is 0 Å². The van der Waals surface area contributed by atoms with Gasteiger partial charge in [0, 0.05) is 6.42 Å². The molecule has 0 spiro atoms. The fourth-order valence-corrected chi connectivity index (χ4v) is 3.53. The van der Waals surface area contributed by atoms with Gasteiger partial charge in [-0.05, 0) is 30.4 Å². The van der Waals surface area contributed by atoms with E-state index in [9.17, 15) is 20.1 Å². The highest BCUT2D eigenvalue weighted by molar-refractivity contribution is 5.67. The van der Waals surface area contributed by atoms with Crippen LogP contribution in [0.1, 0.15) is 57.4 Å². The van der Waals surface area contributed by atoms with Crippen LogP contribution in [-0.4, -0.2) is 27.3 Å². The minimum atomic E-state index is -2.32. The van der Waals surface area contributed by atoms with Crippen molar-refractivity contribution in [2.75, 3.05) is 0 Å². The maximum Gasteiger partial charge on any atom is 0.325 e. The molecule has 0 radical (unpaired) electrons. The van der Waals surface area contributed by atoms with Crippen molar-refractivity contribution in [3.05, 3.63) is 29.8 Å². The number of carbonyl (C=O) groups is 1. The zero-order chi connectivity index (χ0) is 17.6. The van der Waals surface area contributed by atoms with Crippen LogP contribution in [0.5, 0.6) is 5.75 Å².